The number of carboxylic acids is 1. The number of rotatable bonds is 4. The number of thiazole rings is 1. The summed E-state index contributed by atoms with van der Waals surface area (Å²) in [6.07, 6.45) is 0.0690. The number of thioether (sulfide) groups is 1. The second kappa shape index (κ2) is 6.75. The maximum atomic E-state index is 10.3. The van der Waals surface area contributed by atoms with Crippen LogP contribution in [0.3, 0.4) is 0 Å². The first kappa shape index (κ1) is 15.0. The van der Waals surface area contributed by atoms with Crippen LogP contribution in [0.4, 0.5) is 0 Å². The van der Waals surface area contributed by atoms with Crippen molar-refractivity contribution in [2.24, 2.45) is 0 Å². The number of aryl methyl sites for hydroxylation is 1. The summed E-state index contributed by atoms with van der Waals surface area (Å²) >= 11 is 3.07. The van der Waals surface area contributed by atoms with Crippen molar-refractivity contribution in [1.29, 1.82) is 0 Å². The van der Waals surface area contributed by atoms with E-state index in [0.29, 0.717) is 5.75 Å². The summed E-state index contributed by atoms with van der Waals surface area (Å²) in [4.78, 5) is 14.8. The van der Waals surface area contributed by atoms with Gasteiger partial charge in [0.15, 0.2) is 4.34 Å². The Balaban J connectivity index is 0.00000144. The van der Waals surface area contributed by atoms with Crippen molar-refractivity contribution in [1.82, 2.24) is 4.98 Å². The molecular weight excluding hydrogens is 265 g/mol. The summed E-state index contributed by atoms with van der Waals surface area (Å²) < 4.78 is 2.07. The third kappa shape index (κ3) is 3.96. The molecular formula is C11H10NNaO2S2. The monoisotopic (exact) mass is 275 g/mol. The first-order chi connectivity index (χ1) is 7.66. The molecule has 1 heterocycles. The molecule has 0 bridgehead atoms. The van der Waals surface area contributed by atoms with E-state index in [0.717, 1.165) is 20.1 Å². The zero-order valence-electron chi connectivity index (χ0n) is 9.73. The number of carbonyl (C=O) groups excluding carboxylic acids is 1. The van der Waals surface area contributed by atoms with Crippen LogP contribution < -0.4 is 34.7 Å². The van der Waals surface area contributed by atoms with Crippen LogP contribution in [0.15, 0.2) is 22.5 Å². The van der Waals surface area contributed by atoms with E-state index in [9.17, 15) is 9.90 Å². The van der Waals surface area contributed by atoms with Gasteiger partial charge in [0.25, 0.3) is 0 Å². The zero-order chi connectivity index (χ0) is 11.5. The summed E-state index contributed by atoms with van der Waals surface area (Å²) in [5.74, 6) is -0.494. The molecule has 2 rings (SSSR count). The fourth-order valence-corrected chi connectivity index (χ4v) is 3.48. The van der Waals surface area contributed by atoms with Crippen molar-refractivity contribution in [3.05, 3.63) is 23.8 Å². The first-order valence-corrected chi connectivity index (χ1v) is 6.66. The normalized spacial score (nSPS) is 10.2. The number of carboxylic acid groups (broad SMARTS) is 1. The Hall–Kier alpha value is -0.0700. The number of fused-ring (bicyclic) bond motifs is 1. The maximum absolute atomic E-state index is 10.3. The summed E-state index contributed by atoms with van der Waals surface area (Å²) in [5, 5.41) is 10.3. The molecule has 1 aromatic carbocycles. The number of aromatic nitrogens is 1. The van der Waals surface area contributed by atoms with E-state index in [1.165, 1.54) is 11.8 Å². The summed E-state index contributed by atoms with van der Waals surface area (Å²) in [5.41, 5.74) is 2.17. The third-order valence-electron chi connectivity index (χ3n) is 2.13. The van der Waals surface area contributed by atoms with E-state index < -0.39 is 5.97 Å². The smallest absolute Gasteiger partial charge is 0.550 e. The summed E-state index contributed by atoms with van der Waals surface area (Å²) in [6.45, 7) is 2.03. The molecule has 0 N–H and O–H groups in total. The SMILES string of the molecule is Cc1cccc2sc(SCCC(=O)[O-])nc12.[Na+]. The van der Waals surface area contributed by atoms with Crippen LogP contribution in [0.25, 0.3) is 10.2 Å². The van der Waals surface area contributed by atoms with Crippen LogP contribution >= 0.6 is 23.1 Å². The van der Waals surface area contributed by atoms with Gasteiger partial charge in [-0.05, 0) is 25.0 Å². The van der Waals surface area contributed by atoms with Crippen LogP contribution in [0.2, 0.25) is 0 Å². The van der Waals surface area contributed by atoms with E-state index in [-0.39, 0.29) is 36.0 Å². The number of aliphatic carboxylic acids is 1. The van der Waals surface area contributed by atoms with Gasteiger partial charge in [0, 0.05) is 11.7 Å². The standard InChI is InChI=1S/C11H11NO2S2.Na/c1-7-3-2-4-8-10(7)12-11(16-8)15-6-5-9(13)14;/h2-4H,5-6H2,1H3,(H,13,14);/q;+1/p-1. The molecule has 0 saturated heterocycles. The molecule has 0 aliphatic carbocycles. The Kier molecular flexibility index (Phi) is 5.95. The fraction of sp³-hybridized carbons (Fsp3) is 0.273. The van der Waals surface area contributed by atoms with Crippen LogP contribution in [0.5, 0.6) is 0 Å². The van der Waals surface area contributed by atoms with Crippen LogP contribution in [-0.4, -0.2) is 16.7 Å². The summed E-state index contributed by atoms with van der Waals surface area (Å²) in [7, 11) is 0. The van der Waals surface area contributed by atoms with Gasteiger partial charge in [-0.2, -0.15) is 0 Å². The molecule has 0 aliphatic heterocycles. The second-order valence-corrected chi connectivity index (χ2v) is 5.74. The van der Waals surface area contributed by atoms with Gasteiger partial charge in [0.05, 0.1) is 10.2 Å². The molecule has 0 spiro atoms. The van der Waals surface area contributed by atoms with Crippen molar-refractivity contribution in [2.45, 2.75) is 17.7 Å². The predicted octanol–water partition coefficient (Wildman–Crippen LogP) is -1.16. The summed E-state index contributed by atoms with van der Waals surface area (Å²) in [6, 6.07) is 6.06. The average Bonchev–Trinajstić information content (AvgIpc) is 2.61. The molecule has 0 amide bonds. The Bertz CT molecular complexity index is 527. The topological polar surface area (TPSA) is 53.0 Å². The number of para-hydroxylation sites is 1. The Labute approximate surface area is 130 Å². The molecule has 6 heteroatoms. The number of carbonyl (C=O) groups is 1. The van der Waals surface area contributed by atoms with Crippen molar-refractivity contribution in [2.75, 3.05) is 5.75 Å². The molecule has 3 nitrogen and oxygen atoms in total. The minimum absolute atomic E-state index is 0. The molecule has 17 heavy (non-hydrogen) atoms. The van der Waals surface area contributed by atoms with E-state index in [2.05, 4.69) is 4.98 Å². The van der Waals surface area contributed by atoms with Gasteiger partial charge in [0.1, 0.15) is 0 Å². The largest absolute Gasteiger partial charge is 1.00 e. The van der Waals surface area contributed by atoms with Gasteiger partial charge < -0.3 is 9.90 Å². The third-order valence-corrected chi connectivity index (χ3v) is 4.30. The molecule has 0 atom stereocenters. The molecule has 0 fully saturated rings. The number of nitrogens with zero attached hydrogens (tertiary/aromatic N) is 1. The molecule has 0 unspecified atom stereocenters. The van der Waals surface area contributed by atoms with Crippen molar-refractivity contribution < 1.29 is 39.5 Å². The number of benzene rings is 1. The zero-order valence-corrected chi connectivity index (χ0v) is 13.4. The molecule has 2 aromatic rings. The quantitative estimate of drug-likeness (QED) is 0.522. The van der Waals surface area contributed by atoms with Gasteiger partial charge in [0.2, 0.25) is 0 Å². The molecule has 84 valence electrons. The van der Waals surface area contributed by atoms with Gasteiger partial charge in [-0.15, -0.1) is 11.3 Å². The van der Waals surface area contributed by atoms with Crippen LogP contribution in [-0.2, 0) is 4.79 Å². The predicted molar refractivity (Wildman–Crippen MR) is 64.7 cm³/mol. The maximum Gasteiger partial charge on any atom is 1.00 e. The molecule has 1 aromatic heterocycles. The number of hydrogen-bond acceptors (Lipinski definition) is 5. The van der Waals surface area contributed by atoms with Crippen LogP contribution in [0.1, 0.15) is 12.0 Å². The van der Waals surface area contributed by atoms with Gasteiger partial charge in [-0.25, -0.2) is 4.98 Å². The Morgan fingerprint density at radius 1 is 1.53 bits per heavy atom. The average molecular weight is 275 g/mol. The molecule has 0 radical (unpaired) electrons. The van der Waals surface area contributed by atoms with E-state index in [4.69, 9.17) is 0 Å². The fourth-order valence-electron chi connectivity index (χ4n) is 1.35. The van der Waals surface area contributed by atoms with E-state index in [1.54, 1.807) is 11.3 Å². The van der Waals surface area contributed by atoms with Gasteiger partial charge >= 0.3 is 29.6 Å². The Morgan fingerprint density at radius 3 is 2.94 bits per heavy atom. The van der Waals surface area contributed by atoms with Crippen LogP contribution in [0, 0.1) is 6.92 Å². The minimum atomic E-state index is -1.01. The molecule has 0 aliphatic rings. The van der Waals surface area contributed by atoms with Crippen molar-refractivity contribution in [3.63, 3.8) is 0 Å². The van der Waals surface area contributed by atoms with E-state index in [1.807, 2.05) is 25.1 Å². The molecule has 0 saturated carbocycles. The Morgan fingerprint density at radius 2 is 2.29 bits per heavy atom. The van der Waals surface area contributed by atoms with Gasteiger partial charge in [-0.1, -0.05) is 23.9 Å². The number of hydrogen-bond donors (Lipinski definition) is 0. The second-order valence-electron chi connectivity index (χ2n) is 3.37. The minimum Gasteiger partial charge on any atom is -0.550 e. The van der Waals surface area contributed by atoms with E-state index >= 15 is 0 Å². The first-order valence-electron chi connectivity index (χ1n) is 4.85. The van der Waals surface area contributed by atoms with Crippen molar-refractivity contribution in [3.8, 4) is 0 Å². The van der Waals surface area contributed by atoms with Crippen molar-refractivity contribution >= 4 is 39.3 Å². The van der Waals surface area contributed by atoms with Gasteiger partial charge in [-0.3, -0.25) is 0 Å².